The van der Waals surface area contributed by atoms with Gasteiger partial charge in [0.15, 0.2) is 0 Å². The van der Waals surface area contributed by atoms with E-state index in [-0.39, 0.29) is 0 Å². The van der Waals surface area contributed by atoms with Crippen LogP contribution in [0.1, 0.15) is 40.0 Å². The van der Waals surface area contributed by atoms with Gasteiger partial charge in [0.25, 0.3) is 0 Å². The summed E-state index contributed by atoms with van der Waals surface area (Å²) in [5, 5.41) is 0.998. The summed E-state index contributed by atoms with van der Waals surface area (Å²) in [7, 11) is -2.40. The van der Waals surface area contributed by atoms with Gasteiger partial charge in [0, 0.05) is 36.0 Å². The molecule has 0 aliphatic carbocycles. The van der Waals surface area contributed by atoms with Crippen molar-refractivity contribution in [3.8, 4) is 0 Å². The van der Waals surface area contributed by atoms with E-state index in [1.165, 1.54) is 12.8 Å². The zero-order chi connectivity index (χ0) is 13.9. The first-order valence-electron chi connectivity index (χ1n) is 6.76. The largest absolute Gasteiger partial charge is 0.500 e. The first kappa shape index (κ1) is 19.1. The van der Waals surface area contributed by atoms with Crippen molar-refractivity contribution >= 4 is 40.7 Å². The zero-order valence-electron chi connectivity index (χ0n) is 11.7. The molecule has 0 aromatic carbocycles. The highest BCUT2D eigenvalue weighted by atomic mass is 79.9. The molecule has 6 heteroatoms. The average molecular weight is 406 g/mol. The molecule has 1 atom stereocenters. The van der Waals surface area contributed by atoms with Crippen LogP contribution in [0.15, 0.2) is 0 Å². The molecular formula is C12H26Br2O3Si. The van der Waals surface area contributed by atoms with Gasteiger partial charge in [0.05, 0.1) is 0 Å². The fraction of sp³-hybridized carbons (Fsp3) is 1.00. The molecule has 0 N–H and O–H groups in total. The number of alkyl halides is 2. The van der Waals surface area contributed by atoms with Crippen LogP contribution in [0.3, 0.4) is 0 Å². The maximum Gasteiger partial charge on any atom is 0.500 e. The summed E-state index contributed by atoms with van der Waals surface area (Å²) in [5.74, 6) is 0. The van der Waals surface area contributed by atoms with E-state index >= 15 is 0 Å². The quantitative estimate of drug-likeness (QED) is 0.274. The van der Waals surface area contributed by atoms with E-state index in [2.05, 4.69) is 31.9 Å². The lowest BCUT2D eigenvalue weighted by Crippen LogP contribution is -2.45. The molecule has 0 aliphatic rings. The Hall–Kier alpha value is 1.06. The first-order chi connectivity index (χ1) is 8.64. The highest BCUT2D eigenvalue weighted by Gasteiger charge is 2.39. The second-order valence-corrected chi connectivity index (χ2v) is 8.65. The van der Waals surface area contributed by atoms with Crippen LogP contribution < -0.4 is 0 Å². The van der Waals surface area contributed by atoms with Crippen molar-refractivity contribution in [2.45, 2.75) is 50.9 Å². The summed E-state index contributed by atoms with van der Waals surface area (Å²) in [5.41, 5.74) is 0. The Morgan fingerprint density at radius 2 is 1.44 bits per heavy atom. The van der Waals surface area contributed by atoms with Gasteiger partial charge >= 0.3 is 8.80 Å². The van der Waals surface area contributed by atoms with Crippen LogP contribution in [-0.4, -0.2) is 38.8 Å². The van der Waals surface area contributed by atoms with Crippen molar-refractivity contribution in [1.29, 1.82) is 0 Å². The Labute approximate surface area is 130 Å². The minimum atomic E-state index is -2.40. The van der Waals surface area contributed by atoms with E-state index in [0.29, 0.717) is 24.6 Å². The smallest absolute Gasteiger partial charge is 0.374 e. The third-order valence-electron chi connectivity index (χ3n) is 2.51. The van der Waals surface area contributed by atoms with Crippen LogP contribution in [-0.2, 0) is 13.3 Å². The monoisotopic (exact) mass is 404 g/mol. The minimum Gasteiger partial charge on any atom is -0.374 e. The highest BCUT2D eigenvalue weighted by molar-refractivity contribution is 9.12. The predicted octanol–water partition coefficient (Wildman–Crippen LogP) is 4.36. The molecule has 0 spiro atoms. The lowest BCUT2D eigenvalue weighted by Gasteiger charge is -2.28. The van der Waals surface area contributed by atoms with Gasteiger partial charge in [-0.2, -0.15) is 0 Å². The number of hydrogen-bond acceptors (Lipinski definition) is 3. The molecule has 0 bridgehead atoms. The molecule has 0 saturated heterocycles. The van der Waals surface area contributed by atoms with Crippen molar-refractivity contribution in [3.63, 3.8) is 0 Å². The van der Waals surface area contributed by atoms with Crippen LogP contribution in [0.4, 0.5) is 0 Å². The fourth-order valence-electron chi connectivity index (χ4n) is 1.79. The SMILES string of the molecule is CCO[Si](CCCCC(Br)CBr)(OCC)OCC. The third kappa shape index (κ3) is 8.27. The average Bonchev–Trinajstić information content (AvgIpc) is 2.35. The molecule has 0 rings (SSSR count). The van der Waals surface area contributed by atoms with Crippen LogP contribution in [0.2, 0.25) is 6.04 Å². The number of unbranched alkanes of at least 4 members (excludes halogenated alkanes) is 1. The Morgan fingerprint density at radius 3 is 1.83 bits per heavy atom. The topological polar surface area (TPSA) is 27.7 Å². The maximum absolute atomic E-state index is 5.82. The number of hydrogen-bond donors (Lipinski definition) is 0. The molecule has 0 aromatic heterocycles. The molecule has 0 heterocycles. The minimum absolute atomic E-state index is 0.555. The molecule has 0 fully saturated rings. The van der Waals surface area contributed by atoms with E-state index in [1.54, 1.807) is 0 Å². The third-order valence-corrected chi connectivity index (χ3v) is 8.09. The highest BCUT2D eigenvalue weighted by Crippen LogP contribution is 2.21. The lowest BCUT2D eigenvalue weighted by atomic mass is 10.2. The molecule has 0 amide bonds. The van der Waals surface area contributed by atoms with Gasteiger partial charge in [-0.25, -0.2) is 0 Å². The Balaban J connectivity index is 4.12. The van der Waals surface area contributed by atoms with Crippen molar-refractivity contribution < 1.29 is 13.3 Å². The van der Waals surface area contributed by atoms with Gasteiger partial charge in [-0.1, -0.05) is 38.3 Å². The lowest BCUT2D eigenvalue weighted by molar-refractivity contribution is 0.0706. The fourth-order valence-corrected chi connectivity index (χ4v) is 5.12. The number of rotatable bonds is 12. The van der Waals surface area contributed by atoms with Crippen LogP contribution >= 0.6 is 31.9 Å². The van der Waals surface area contributed by atoms with Gasteiger partial charge in [0.2, 0.25) is 0 Å². The van der Waals surface area contributed by atoms with E-state index in [1.807, 2.05) is 20.8 Å². The summed E-state index contributed by atoms with van der Waals surface area (Å²) in [6.07, 6.45) is 3.44. The standard InChI is InChI=1S/C12H26Br2O3Si/c1-4-15-18(16-5-2,17-6-3)10-8-7-9-12(14)11-13/h12H,4-11H2,1-3H3. The molecule has 3 nitrogen and oxygen atoms in total. The van der Waals surface area contributed by atoms with Crippen molar-refractivity contribution in [1.82, 2.24) is 0 Å². The molecule has 1 unspecified atom stereocenters. The maximum atomic E-state index is 5.82. The summed E-state index contributed by atoms with van der Waals surface area (Å²) in [6.45, 7) is 7.98. The van der Waals surface area contributed by atoms with Crippen LogP contribution in [0.5, 0.6) is 0 Å². The summed E-state index contributed by atoms with van der Waals surface area (Å²) < 4.78 is 17.5. The van der Waals surface area contributed by atoms with Crippen molar-refractivity contribution in [2.24, 2.45) is 0 Å². The van der Waals surface area contributed by atoms with Crippen molar-refractivity contribution in [3.05, 3.63) is 0 Å². The van der Waals surface area contributed by atoms with Gasteiger partial charge in [-0.3, -0.25) is 0 Å². The molecule has 0 saturated carbocycles. The summed E-state index contributed by atoms with van der Waals surface area (Å²) >= 11 is 7.09. The molecule has 0 radical (unpaired) electrons. The summed E-state index contributed by atoms with van der Waals surface area (Å²) in [4.78, 5) is 0.555. The van der Waals surface area contributed by atoms with Gasteiger partial charge in [0.1, 0.15) is 0 Å². The van der Waals surface area contributed by atoms with Crippen LogP contribution in [0.25, 0.3) is 0 Å². The van der Waals surface area contributed by atoms with E-state index in [4.69, 9.17) is 13.3 Å². The Morgan fingerprint density at radius 1 is 0.944 bits per heavy atom. The number of halogens is 2. The van der Waals surface area contributed by atoms with Gasteiger partial charge in [-0.15, -0.1) is 0 Å². The molecule has 110 valence electrons. The van der Waals surface area contributed by atoms with Gasteiger partial charge in [-0.05, 0) is 33.6 Å². The van der Waals surface area contributed by atoms with E-state index < -0.39 is 8.80 Å². The van der Waals surface area contributed by atoms with E-state index in [0.717, 1.165) is 17.8 Å². The molecule has 0 aliphatic heterocycles. The molecule has 0 aromatic rings. The predicted molar refractivity (Wildman–Crippen MR) is 85.8 cm³/mol. The first-order valence-corrected chi connectivity index (χ1v) is 10.7. The van der Waals surface area contributed by atoms with Crippen LogP contribution in [0, 0.1) is 0 Å². The normalized spacial score (nSPS) is 13.8. The Kier molecular flexibility index (Phi) is 12.5. The molecular weight excluding hydrogens is 380 g/mol. The zero-order valence-corrected chi connectivity index (χ0v) is 15.9. The van der Waals surface area contributed by atoms with Gasteiger partial charge < -0.3 is 13.3 Å². The molecule has 18 heavy (non-hydrogen) atoms. The second-order valence-electron chi connectivity index (χ2n) is 3.98. The Bertz CT molecular complexity index is 179. The van der Waals surface area contributed by atoms with E-state index in [9.17, 15) is 0 Å². The van der Waals surface area contributed by atoms with Crippen molar-refractivity contribution in [2.75, 3.05) is 25.2 Å². The summed E-state index contributed by atoms with van der Waals surface area (Å²) in [6, 6.07) is 0.921. The second kappa shape index (κ2) is 11.8.